The van der Waals surface area contributed by atoms with Crippen molar-refractivity contribution in [3.05, 3.63) is 22.6 Å². The minimum Gasteiger partial charge on any atom is -0.131 e. The molecule has 0 aromatic carbocycles. The molecule has 0 N–H and O–H groups in total. The van der Waals surface area contributed by atoms with E-state index in [2.05, 4.69) is 32.9 Å². The first-order chi connectivity index (χ1) is 5.74. The Kier molecular flexibility index (Phi) is 3.93. The fraction of sp³-hybridized carbons (Fsp3) is 0.636. The third kappa shape index (κ3) is 2.71. The Hall–Kier alpha value is -0.170. The van der Waals surface area contributed by atoms with Gasteiger partial charge in [-0.05, 0) is 29.4 Å². The molecule has 0 aromatic heterocycles. The Morgan fingerprint density at radius 2 is 2.08 bits per heavy atom. The van der Waals surface area contributed by atoms with Crippen molar-refractivity contribution in [2.45, 2.75) is 33.6 Å². The molecule has 0 heterocycles. The quantitative estimate of drug-likeness (QED) is 0.635. The summed E-state index contributed by atoms with van der Waals surface area (Å²) in [5.41, 5.74) is 1.61. The lowest BCUT2D eigenvalue weighted by molar-refractivity contribution is 0.707. The largest absolute Gasteiger partial charge is 0.131 e. The Balaban J connectivity index is 2.54. The molecule has 0 atom stereocenters. The fourth-order valence-electron chi connectivity index (χ4n) is 1.42. The van der Waals surface area contributed by atoms with Crippen molar-refractivity contribution in [1.82, 2.24) is 0 Å². The van der Waals surface area contributed by atoms with Crippen LogP contribution in [-0.4, -0.2) is 5.75 Å². The van der Waals surface area contributed by atoms with Gasteiger partial charge in [-0.2, -0.15) is 0 Å². The lowest BCUT2D eigenvalue weighted by Gasteiger charge is -2.16. The van der Waals surface area contributed by atoms with E-state index in [0.29, 0.717) is 0 Å². The summed E-state index contributed by atoms with van der Waals surface area (Å²) in [5.74, 6) is 1.94. The highest BCUT2D eigenvalue weighted by atomic mass is 32.2. The second kappa shape index (κ2) is 4.76. The van der Waals surface area contributed by atoms with Gasteiger partial charge in [-0.25, -0.2) is 0 Å². The predicted octanol–water partition coefficient (Wildman–Crippen LogP) is 4.00. The number of rotatable bonds is 3. The molecule has 68 valence electrons. The van der Waals surface area contributed by atoms with Crippen LogP contribution >= 0.6 is 11.8 Å². The molecule has 0 saturated heterocycles. The van der Waals surface area contributed by atoms with Crippen LogP contribution in [-0.2, 0) is 0 Å². The number of hydrogen-bond donors (Lipinski definition) is 0. The smallest absolute Gasteiger partial charge is 0.00517 e. The van der Waals surface area contributed by atoms with Gasteiger partial charge in [0.1, 0.15) is 0 Å². The molecule has 0 spiro atoms. The molecule has 12 heavy (non-hydrogen) atoms. The average Bonchev–Trinajstić information content (AvgIpc) is 2.06. The van der Waals surface area contributed by atoms with E-state index in [9.17, 15) is 0 Å². The van der Waals surface area contributed by atoms with Gasteiger partial charge >= 0.3 is 0 Å². The van der Waals surface area contributed by atoms with Gasteiger partial charge in [-0.15, -0.1) is 11.8 Å². The molecular formula is C11H18S. The monoisotopic (exact) mass is 182 g/mol. The van der Waals surface area contributed by atoms with Crippen LogP contribution in [0.1, 0.15) is 33.6 Å². The molecule has 0 fully saturated rings. The molecule has 0 unspecified atom stereocenters. The predicted molar refractivity (Wildman–Crippen MR) is 58.4 cm³/mol. The maximum atomic E-state index is 2.31. The summed E-state index contributed by atoms with van der Waals surface area (Å²) in [6.45, 7) is 6.77. The Bertz CT molecular complexity index is 199. The summed E-state index contributed by atoms with van der Waals surface area (Å²) in [5, 5.41) is 0. The van der Waals surface area contributed by atoms with E-state index < -0.39 is 0 Å². The summed E-state index contributed by atoms with van der Waals surface area (Å²) >= 11 is 1.98. The zero-order valence-corrected chi connectivity index (χ0v) is 9.08. The van der Waals surface area contributed by atoms with E-state index >= 15 is 0 Å². The second-order valence-electron chi connectivity index (χ2n) is 3.46. The molecule has 1 aliphatic carbocycles. The highest BCUT2D eigenvalue weighted by Crippen LogP contribution is 2.29. The number of thioether (sulfide) groups is 1. The van der Waals surface area contributed by atoms with Crippen LogP contribution in [0.2, 0.25) is 0 Å². The van der Waals surface area contributed by atoms with Crippen LogP contribution in [0.15, 0.2) is 22.6 Å². The standard InChI is InChI=1S/C11H18S/c1-4-12-11-7-5-10(6-8-11)9(2)3/h5,7,9H,4,6,8H2,1-3H3. The number of hydrogen-bond acceptors (Lipinski definition) is 1. The van der Waals surface area contributed by atoms with Crippen molar-refractivity contribution in [1.29, 1.82) is 0 Å². The SMILES string of the molecule is CCSC1=CC=C(C(C)C)CC1. The molecule has 0 aliphatic heterocycles. The van der Waals surface area contributed by atoms with Crippen LogP contribution < -0.4 is 0 Å². The van der Waals surface area contributed by atoms with Gasteiger partial charge in [-0.1, -0.05) is 38.5 Å². The molecule has 0 nitrogen and oxygen atoms in total. The summed E-state index contributed by atoms with van der Waals surface area (Å²) < 4.78 is 0. The van der Waals surface area contributed by atoms with Crippen molar-refractivity contribution in [3.63, 3.8) is 0 Å². The van der Waals surface area contributed by atoms with E-state index in [1.54, 1.807) is 10.5 Å². The molecule has 1 heteroatoms. The van der Waals surface area contributed by atoms with Gasteiger partial charge in [0.2, 0.25) is 0 Å². The second-order valence-corrected chi connectivity index (χ2v) is 4.85. The highest BCUT2D eigenvalue weighted by molar-refractivity contribution is 8.03. The van der Waals surface area contributed by atoms with Crippen LogP contribution in [0.3, 0.4) is 0 Å². The average molecular weight is 182 g/mol. The third-order valence-electron chi connectivity index (χ3n) is 2.21. The minimum atomic E-state index is 0.731. The molecular weight excluding hydrogens is 164 g/mol. The zero-order chi connectivity index (χ0) is 8.97. The van der Waals surface area contributed by atoms with Crippen molar-refractivity contribution in [2.24, 2.45) is 5.92 Å². The first-order valence-corrected chi connectivity index (χ1v) is 5.75. The fourth-order valence-corrected chi connectivity index (χ4v) is 2.20. The minimum absolute atomic E-state index is 0.731. The van der Waals surface area contributed by atoms with Gasteiger partial charge in [0.05, 0.1) is 0 Å². The Morgan fingerprint density at radius 1 is 1.33 bits per heavy atom. The van der Waals surface area contributed by atoms with E-state index in [0.717, 1.165) is 5.92 Å². The molecule has 0 aromatic rings. The van der Waals surface area contributed by atoms with Crippen molar-refractivity contribution < 1.29 is 0 Å². The Morgan fingerprint density at radius 3 is 2.50 bits per heavy atom. The first kappa shape index (κ1) is 9.91. The van der Waals surface area contributed by atoms with E-state index in [4.69, 9.17) is 0 Å². The first-order valence-electron chi connectivity index (χ1n) is 4.76. The molecule has 0 bridgehead atoms. The molecule has 1 rings (SSSR count). The van der Waals surface area contributed by atoms with Crippen LogP contribution in [0.5, 0.6) is 0 Å². The molecule has 1 aliphatic rings. The normalized spacial score (nSPS) is 17.7. The van der Waals surface area contributed by atoms with E-state index in [1.165, 1.54) is 18.6 Å². The summed E-state index contributed by atoms with van der Waals surface area (Å²) in [6.07, 6.45) is 7.15. The van der Waals surface area contributed by atoms with Crippen LogP contribution in [0.4, 0.5) is 0 Å². The van der Waals surface area contributed by atoms with Crippen molar-refractivity contribution in [2.75, 3.05) is 5.75 Å². The van der Waals surface area contributed by atoms with Crippen LogP contribution in [0, 0.1) is 5.92 Å². The van der Waals surface area contributed by atoms with Gasteiger partial charge in [0, 0.05) is 0 Å². The zero-order valence-electron chi connectivity index (χ0n) is 8.26. The molecule has 0 saturated carbocycles. The summed E-state index contributed by atoms with van der Waals surface area (Å²) in [6, 6.07) is 0. The third-order valence-corrected chi connectivity index (χ3v) is 3.21. The van der Waals surface area contributed by atoms with Crippen molar-refractivity contribution >= 4 is 11.8 Å². The lowest BCUT2D eigenvalue weighted by Crippen LogP contribution is -1.98. The summed E-state index contributed by atoms with van der Waals surface area (Å²) in [4.78, 5) is 1.56. The van der Waals surface area contributed by atoms with E-state index in [-0.39, 0.29) is 0 Å². The van der Waals surface area contributed by atoms with Gasteiger partial charge in [-0.3, -0.25) is 0 Å². The molecule has 0 amide bonds. The maximum Gasteiger partial charge on any atom is -0.00517 e. The van der Waals surface area contributed by atoms with Gasteiger partial charge in [0.15, 0.2) is 0 Å². The lowest BCUT2D eigenvalue weighted by atomic mass is 9.95. The van der Waals surface area contributed by atoms with E-state index in [1.807, 2.05) is 11.8 Å². The summed E-state index contributed by atoms with van der Waals surface area (Å²) in [7, 11) is 0. The van der Waals surface area contributed by atoms with Crippen LogP contribution in [0.25, 0.3) is 0 Å². The number of allylic oxidation sites excluding steroid dienone is 4. The Labute approximate surface area is 80.1 Å². The van der Waals surface area contributed by atoms with Gasteiger partial charge in [0.25, 0.3) is 0 Å². The van der Waals surface area contributed by atoms with Crippen molar-refractivity contribution in [3.8, 4) is 0 Å². The van der Waals surface area contributed by atoms with Gasteiger partial charge < -0.3 is 0 Å². The maximum absolute atomic E-state index is 2.31. The highest BCUT2D eigenvalue weighted by Gasteiger charge is 2.08. The topological polar surface area (TPSA) is 0 Å². The molecule has 0 radical (unpaired) electrons.